The van der Waals surface area contributed by atoms with Gasteiger partial charge in [0.2, 0.25) is 5.91 Å². The predicted molar refractivity (Wildman–Crippen MR) is 137 cm³/mol. The number of urea groups is 2. The van der Waals surface area contributed by atoms with Gasteiger partial charge in [0.15, 0.2) is 0 Å². The number of amides is 5. The molecule has 3 heterocycles. The fourth-order valence-electron chi connectivity index (χ4n) is 6.80. The number of carbonyl (C=O) groups excluding carboxylic acids is 3. The van der Waals surface area contributed by atoms with E-state index >= 15 is 0 Å². The molecule has 3 aliphatic heterocycles. The van der Waals surface area contributed by atoms with Crippen LogP contribution >= 0.6 is 11.6 Å². The lowest BCUT2D eigenvalue weighted by molar-refractivity contribution is -0.132. The van der Waals surface area contributed by atoms with Crippen LogP contribution in [0.4, 0.5) is 15.3 Å². The Bertz CT molecular complexity index is 1000. The molecule has 0 radical (unpaired) electrons. The van der Waals surface area contributed by atoms with Crippen molar-refractivity contribution in [2.75, 3.05) is 38.2 Å². The van der Waals surface area contributed by atoms with Gasteiger partial charge in [-0.25, -0.2) is 14.5 Å². The van der Waals surface area contributed by atoms with Crippen molar-refractivity contribution >= 4 is 35.3 Å². The fraction of sp³-hybridized carbons (Fsp3) is 0.654. The van der Waals surface area contributed by atoms with Crippen LogP contribution in [0, 0.1) is 11.8 Å². The highest BCUT2D eigenvalue weighted by atomic mass is 35.5. The van der Waals surface area contributed by atoms with Gasteiger partial charge in [0, 0.05) is 50.4 Å². The number of imide groups is 1. The van der Waals surface area contributed by atoms with Crippen LogP contribution in [0.15, 0.2) is 24.3 Å². The second-order valence-electron chi connectivity index (χ2n) is 10.3. The minimum Gasteiger partial charge on any atom is -0.380 e. The lowest BCUT2D eigenvalue weighted by Crippen LogP contribution is -2.74. The van der Waals surface area contributed by atoms with E-state index in [1.54, 1.807) is 31.4 Å². The van der Waals surface area contributed by atoms with Gasteiger partial charge < -0.3 is 25.2 Å². The van der Waals surface area contributed by atoms with Crippen molar-refractivity contribution in [1.29, 1.82) is 0 Å². The number of hydrogen-bond acceptors (Lipinski definition) is 5. The molecule has 1 aromatic carbocycles. The number of halogens is 1. The summed E-state index contributed by atoms with van der Waals surface area (Å²) in [4.78, 5) is 45.6. The van der Waals surface area contributed by atoms with Crippen LogP contribution in [0.3, 0.4) is 0 Å². The van der Waals surface area contributed by atoms with E-state index in [-0.39, 0.29) is 54.0 Å². The van der Waals surface area contributed by atoms with Crippen LogP contribution in [0.25, 0.3) is 0 Å². The van der Waals surface area contributed by atoms with Gasteiger partial charge in [-0.1, -0.05) is 24.1 Å². The highest BCUT2D eigenvalue weighted by Gasteiger charge is 2.57. The highest BCUT2D eigenvalue weighted by Crippen LogP contribution is 2.43. The molecule has 4 aliphatic rings. The molecule has 196 valence electrons. The Kier molecular flexibility index (Phi) is 7.42. The molecule has 5 atom stereocenters. The fourth-order valence-corrected chi connectivity index (χ4v) is 6.99. The molecule has 1 aliphatic carbocycles. The van der Waals surface area contributed by atoms with Crippen LogP contribution in [0.1, 0.15) is 39.0 Å². The van der Waals surface area contributed by atoms with Gasteiger partial charge >= 0.3 is 12.1 Å². The summed E-state index contributed by atoms with van der Waals surface area (Å²) in [7, 11) is 1.74. The summed E-state index contributed by atoms with van der Waals surface area (Å²) in [5.41, 5.74) is 0.501. The third-order valence-corrected chi connectivity index (χ3v) is 8.66. The first-order valence-electron chi connectivity index (χ1n) is 13.1. The number of carbonyl (C=O) groups is 3. The number of benzene rings is 1. The van der Waals surface area contributed by atoms with Gasteiger partial charge in [-0.15, -0.1) is 0 Å². The molecule has 0 bridgehead atoms. The number of hydrogen-bond donors (Lipinski definition) is 2. The molecule has 0 aromatic heterocycles. The number of nitrogens with zero attached hydrogens (tertiary/aromatic N) is 3. The summed E-state index contributed by atoms with van der Waals surface area (Å²) in [5, 5.41) is 6.96. The van der Waals surface area contributed by atoms with E-state index in [2.05, 4.69) is 10.6 Å². The largest absolute Gasteiger partial charge is 0.380 e. The lowest BCUT2D eigenvalue weighted by Gasteiger charge is -2.57. The van der Waals surface area contributed by atoms with Crippen LogP contribution in [0.2, 0.25) is 5.02 Å². The predicted octanol–water partition coefficient (Wildman–Crippen LogP) is 3.07. The van der Waals surface area contributed by atoms with Gasteiger partial charge in [0.25, 0.3) is 0 Å². The van der Waals surface area contributed by atoms with Crippen molar-refractivity contribution in [2.24, 2.45) is 11.8 Å². The van der Waals surface area contributed by atoms with Gasteiger partial charge in [0.05, 0.1) is 23.8 Å². The van der Waals surface area contributed by atoms with E-state index in [1.807, 2.05) is 16.7 Å². The monoisotopic (exact) mass is 517 g/mol. The van der Waals surface area contributed by atoms with Crippen LogP contribution in [-0.4, -0.2) is 85.3 Å². The number of anilines is 1. The molecule has 10 heteroatoms. The Hall–Kier alpha value is -2.36. The number of likely N-dealkylation sites (tertiary alicyclic amines) is 1. The van der Waals surface area contributed by atoms with E-state index in [0.717, 1.165) is 19.3 Å². The first kappa shape index (κ1) is 25.3. The maximum absolute atomic E-state index is 14.2. The summed E-state index contributed by atoms with van der Waals surface area (Å²) in [6, 6.07) is 6.47. The zero-order valence-electron chi connectivity index (χ0n) is 21.0. The first-order valence-corrected chi connectivity index (χ1v) is 13.5. The number of nitrogens with one attached hydrogen (secondary N) is 2. The third kappa shape index (κ3) is 4.46. The van der Waals surface area contributed by atoms with E-state index in [4.69, 9.17) is 16.3 Å². The van der Waals surface area contributed by atoms with E-state index in [1.165, 1.54) is 4.90 Å². The molecule has 4 fully saturated rings. The molecule has 5 amide bonds. The van der Waals surface area contributed by atoms with E-state index < -0.39 is 0 Å². The molecule has 1 saturated carbocycles. The quantitative estimate of drug-likeness (QED) is 0.640. The standard InChI is InChI=1S/C26H36ClN5O4/c1-3-28-25(34)30-12-10-17(11-13-30)31-23-19-8-5-9-21(36-2)22(19)29-15-20(23)24(33)32(26(31)35)18-7-4-6-16(27)14-18/h4,6-7,14,17,19-23,29H,3,5,8-13,15H2,1-2H3,(H,28,34). The van der Waals surface area contributed by atoms with E-state index in [9.17, 15) is 14.4 Å². The van der Waals surface area contributed by atoms with Gasteiger partial charge in [-0.05, 0) is 56.7 Å². The Morgan fingerprint density at radius 1 is 1.19 bits per heavy atom. The third-order valence-electron chi connectivity index (χ3n) is 8.43. The number of methoxy groups -OCH3 is 1. The van der Waals surface area contributed by atoms with Gasteiger partial charge in [0.1, 0.15) is 0 Å². The minimum atomic E-state index is -0.347. The van der Waals surface area contributed by atoms with Crippen LogP contribution in [0.5, 0.6) is 0 Å². The summed E-state index contributed by atoms with van der Waals surface area (Å²) < 4.78 is 5.81. The first-order chi connectivity index (χ1) is 17.4. The van der Waals surface area contributed by atoms with Crippen molar-refractivity contribution in [3.8, 4) is 0 Å². The molecule has 2 N–H and O–H groups in total. The van der Waals surface area contributed by atoms with Crippen molar-refractivity contribution in [2.45, 2.75) is 63.3 Å². The Morgan fingerprint density at radius 2 is 1.97 bits per heavy atom. The van der Waals surface area contributed by atoms with E-state index in [0.29, 0.717) is 49.7 Å². The average Bonchev–Trinajstić information content (AvgIpc) is 2.89. The lowest BCUT2D eigenvalue weighted by atomic mass is 9.69. The summed E-state index contributed by atoms with van der Waals surface area (Å²) in [6.45, 7) is 4.15. The molecular weight excluding hydrogens is 482 g/mol. The second-order valence-corrected chi connectivity index (χ2v) is 10.7. The molecule has 9 nitrogen and oxygen atoms in total. The number of ether oxygens (including phenoxy) is 1. The zero-order valence-corrected chi connectivity index (χ0v) is 21.7. The summed E-state index contributed by atoms with van der Waals surface area (Å²) >= 11 is 6.24. The number of rotatable bonds is 4. The molecule has 36 heavy (non-hydrogen) atoms. The average molecular weight is 518 g/mol. The SMILES string of the molecule is CCNC(=O)N1CCC(N2C(=O)N(c3cccc(Cl)c3)C(=O)C3CNC4C(OC)CCCC4C32)CC1. The summed E-state index contributed by atoms with van der Waals surface area (Å²) in [6.07, 6.45) is 4.37. The smallest absolute Gasteiger partial charge is 0.331 e. The Labute approximate surface area is 217 Å². The molecule has 0 spiro atoms. The molecule has 3 saturated heterocycles. The second kappa shape index (κ2) is 10.6. The van der Waals surface area contributed by atoms with Crippen LogP contribution in [-0.2, 0) is 9.53 Å². The number of piperidine rings is 2. The minimum absolute atomic E-state index is 0.0490. The number of fused-ring (bicyclic) bond motifs is 3. The molecular formula is C26H36ClN5O4. The van der Waals surface area contributed by atoms with Crippen LogP contribution < -0.4 is 15.5 Å². The zero-order chi connectivity index (χ0) is 25.4. The Morgan fingerprint density at radius 3 is 2.67 bits per heavy atom. The van der Waals surface area contributed by atoms with Crippen molar-refractivity contribution < 1.29 is 19.1 Å². The van der Waals surface area contributed by atoms with Gasteiger partial charge in [-0.2, -0.15) is 0 Å². The Balaban J connectivity index is 1.48. The molecule has 5 rings (SSSR count). The van der Waals surface area contributed by atoms with Crippen molar-refractivity contribution in [3.63, 3.8) is 0 Å². The van der Waals surface area contributed by atoms with Crippen molar-refractivity contribution in [3.05, 3.63) is 29.3 Å². The van der Waals surface area contributed by atoms with Gasteiger partial charge in [-0.3, -0.25) is 4.79 Å². The topological polar surface area (TPSA) is 94.2 Å². The maximum Gasteiger partial charge on any atom is 0.331 e. The van der Waals surface area contributed by atoms with Crippen molar-refractivity contribution in [1.82, 2.24) is 20.4 Å². The highest BCUT2D eigenvalue weighted by molar-refractivity contribution is 6.31. The molecule has 5 unspecified atom stereocenters. The molecule has 1 aromatic rings. The summed E-state index contributed by atoms with van der Waals surface area (Å²) in [5.74, 6) is -0.382. The normalized spacial score (nSPS) is 31.2. The maximum atomic E-state index is 14.2.